The molecule has 0 aromatic carbocycles. The number of halogens is 1. The third-order valence-corrected chi connectivity index (χ3v) is 6.25. The van der Waals surface area contributed by atoms with E-state index in [1.807, 2.05) is 0 Å². The smallest absolute Gasteiger partial charge is 0.0741 e. The van der Waals surface area contributed by atoms with Gasteiger partial charge in [-0.3, -0.25) is 0 Å². The zero-order valence-corrected chi connectivity index (χ0v) is 12.2. The van der Waals surface area contributed by atoms with Crippen LogP contribution >= 0.6 is 49.9 Å². The van der Waals surface area contributed by atoms with Gasteiger partial charge in [0, 0.05) is 19.2 Å². The van der Waals surface area contributed by atoms with Crippen LogP contribution < -0.4 is 5.73 Å². The highest BCUT2D eigenvalue weighted by atomic mass is 79.9. The summed E-state index contributed by atoms with van der Waals surface area (Å²) in [5, 5.41) is 2.12. The maximum absolute atomic E-state index is 6.26. The molecule has 0 amide bonds. The van der Waals surface area contributed by atoms with Gasteiger partial charge in [0.05, 0.1) is 9.83 Å². The van der Waals surface area contributed by atoms with Gasteiger partial charge in [0.1, 0.15) is 0 Å². The van der Waals surface area contributed by atoms with E-state index in [0.29, 0.717) is 0 Å². The fourth-order valence-electron chi connectivity index (χ4n) is 1.57. The number of fused-ring (bicyclic) bond motifs is 1. The molecule has 0 radical (unpaired) electrons. The van der Waals surface area contributed by atoms with E-state index in [1.165, 1.54) is 19.2 Å². The summed E-state index contributed by atoms with van der Waals surface area (Å²) < 4.78 is 3.81. The van der Waals surface area contributed by atoms with Crippen LogP contribution in [-0.2, 0) is 0 Å². The molecule has 5 heteroatoms. The van der Waals surface area contributed by atoms with Crippen LogP contribution in [0.4, 0.5) is 0 Å². The normalized spacial score (nSPS) is 13.4. The highest BCUT2D eigenvalue weighted by molar-refractivity contribution is 9.11. The molecular weight excluding hydrogens is 322 g/mol. The van der Waals surface area contributed by atoms with E-state index in [0.717, 1.165) is 3.79 Å². The molecule has 0 saturated carbocycles. The van der Waals surface area contributed by atoms with Crippen molar-refractivity contribution in [3.05, 3.63) is 43.2 Å². The zero-order chi connectivity index (χ0) is 11.1. The minimum absolute atomic E-state index is 0.0147. The molecule has 82 valence electrons. The molecule has 0 spiro atoms. The van der Waals surface area contributed by atoms with E-state index in [9.17, 15) is 0 Å². The van der Waals surface area contributed by atoms with E-state index < -0.39 is 0 Å². The molecule has 2 N–H and O–H groups in total. The Morgan fingerprint density at radius 3 is 2.62 bits per heavy atom. The first-order chi connectivity index (χ1) is 7.74. The van der Waals surface area contributed by atoms with Crippen molar-refractivity contribution in [1.82, 2.24) is 0 Å². The molecule has 0 saturated heterocycles. The quantitative estimate of drug-likeness (QED) is 0.715. The van der Waals surface area contributed by atoms with Crippen molar-refractivity contribution in [2.75, 3.05) is 0 Å². The molecule has 1 nitrogen and oxygen atoms in total. The van der Waals surface area contributed by atoms with Gasteiger partial charge in [0.25, 0.3) is 0 Å². The molecule has 3 aromatic heterocycles. The Labute approximate surface area is 114 Å². The lowest BCUT2D eigenvalue weighted by Gasteiger charge is -2.05. The second kappa shape index (κ2) is 4.23. The third-order valence-electron chi connectivity index (χ3n) is 2.37. The van der Waals surface area contributed by atoms with Crippen molar-refractivity contribution in [2.24, 2.45) is 5.73 Å². The number of thiophene rings is 3. The fraction of sp³-hybridized carbons (Fsp3) is 0.0909. The summed E-state index contributed by atoms with van der Waals surface area (Å²) in [5.74, 6) is 0. The Morgan fingerprint density at radius 1 is 1.06 bits per heavy atom. The van der Waals surface area contributed by atoms with Crippen molar-refractivity contribution < 1.29 is 0 Å². The van der Waals surface area contributed by atoms with Crippen molar-refractivity contribution in [3.8, 4) is 0 Å². The summed E-state index contributed by atoms with van der Waals surface area (Å²) in [7, 11) is 0. The first-order valence-corrected chi connectivity index (χ1v) is 8.02. The number of nitrogens with two attached hydrogens (primary N) is 1. The Kier molecular flexibility index (Phi) is 2.89. The number of hydrogen-bond donors (Lipinski definition) is 1. The van der Waals surface area contributed by atoms with Gasteiger partial charge in [0.15, 0.2) is 0 Å². The van der Waals surface area contributed by atoms with E-state index in [4.69, 9.17) is 5.73 Å². The topological polar surface area (TPSA) is 26.0 Å². The molecular formula is C11H8BrNS3. The van der Waals surface area contributed by atoms with E-state index >= 15 is 0 Å². The van der Waals surface area contributed by atoms with Crippen molar-refractivity contribution in [1.29, 1.82) is 0 Å². The van der Waals surface area contributed by atoms with Crippen LogP contribution in [0.2, 0.25) is 0 Å². The first kappa shape index (κ1) is 10.9. The number of hydrogen-bond acceptors (Lipinski definition) is 4. The standard InChI is InChI=1S/C11H8BrNS3/c12-10-2-1-7(16-10)11(13)9-5-8-6(15-9)3-4-14-8/h1-5,11H,13H2. The van der Waals surface area contributed by atoms with Crippen molar-refractivity contribution in [3.63, 3.8) is 0 Å². The monoisotopic (exact) mass is 329 g/mol. The lowest BCUT2D eigenvalue weighted by atomic mass is 10.2. The van der Waals surface area contributed by atoms with Gasteiger partial charge in [-0.25, -0.2) is 0 Å². The average molecular weight is 330 g/mol. The summed E-state index contributed by atoms with van der Waals surface area (Å²) in [5.41, 5.74) is 6.26. The molecule has 3 heterocycles. The summed E-state index contributed by atoms with van der Waals surface area (Å²) in [6, 6.07) is 8.53. The molecule has 3 aromatic rings. The summed E-state index contributed by atoms with van der Waals surface area (Å²) in [4.78, 5) is 2.46. The molecule has 1 atom stereocenters. The summed E-state index contributed by atoms with van der Waals surface area (Å²) in [6.07, 6.45) is 0. The lowest BCUT2D eigenvalue weighted by Crippen LogP contribution is -2.07. The van der Waals surface area contributed by atoms with E-state index in [2.05, 4.69) is 45.6 Å². The molecule has 0 fully saturated rings. The highest BCUT2D eigenvalue weighted by Crippen LogP contribution is 2.37. The molecule has 0 aliphatic heterocycles. The molecule has 3 rings (SSSR count). The Morgan fingerprint density at radius 2 is 1.94 bits per heavy atom. The van der Waals surface area contributed by atoms with Crippen LogP contribution in [0.5, 0.6) is 0 Å². The second-order valence-corrected chi connectivity index (χ2v) is 7.98. The lowest BCUT2D eigenvalue weighted by molar-refractivity contribution is 0.918. The Balaban J connectivity index is 2.00. The minimum atomic E-state index is 0.0147. The average Bonchev–Trinajstić information content (AvgIpc) is 2.89. The molecule has 0 aliphatic carbocycles. The van der Waals surface area contributed by atoms with Crippen LogP contribution in [-0.4, -0.2) is 0 Å². The van der Waals surface area contributed by atoms with Gasteiger partial charge >= 0.3 is 0 Å². The minimum Gasteiger partial charge on any atom is -0.319 e. The van der Waals surface area contributed by atoms with Gasteiger partial charge < -0.3 is 5.73 Å². The fourth-order valence-corrected chi connectivity index (χ4v) is 5.23. The van der Waals surface area contributed by atoms with E-state index in [1.54, 1.807) is 34.0 Å². The SMILES string of the molecule is NC(c1ccc(Br)s1)c1cc2sccc2s1. The molecule has 1 unspecified atom stereocenters. The largest absolute Gasteiger partial charge is 0.319 e. The molecule has 16 heavy (non-hydrogen) atoms. The Hall–Kier alpha value is -0.200. The van der Waals surface area contributed by atoms with Crippen molar-refractivity contribution in [2.45, 2.75) is 6.04 Å². The molecule has 0 aliphatic rings. The first-order valence-electron chi connectivity index (χ1n) is 4.72. The van der Waals surface area contributed by atoms with Crippen LogP contribution in [0.1, 0.15) is 15.8 Å². The van der Waals surface area contributed by atoms with Gasteiger partial charge in [-0.05, 0) is 45.6 Å². The number of rotatable bonds is 2. The zero-order valence-electron chi connectivity index (χ0n) is 8.14. The predicted octanol–water partition coefficient (Wildman–Crippen LogP) is 4.83. The maximum atomic E-state index is 6.26. The summed E-state index contributed by atoms with van der Waals surface area (Å²) >= 11 is 8.74. The predicted molar refractivity (Wildman–Crippen MR) is 77.8 cm³/mol. The van der Waals surface area contributed by atoms with Gasteiger partial charge in [0.2, 0.25) is 0 Å². The van der Waals surface area contributed by atoms with Gasteiger partial charge in [-0.2, -0.15) is 0 Å². The second-order valence-electron chi connectivity index (χ2n) is 3.42. The van der Waals surface area contributed by atoms with E-state index in [-0.39, 0.29) is 6.04 Å². The van der Waals surface area contributed by atoms with Crippen LogP contribution in [0, 0.1) is 0 Å². The van der Waals surface area contributed by atoms with Crippen LogP contribution in [0.15, 0.2) is 33.4 Å². The van der Waals surface area contributed by atoms with Crippen LogP contribution in [0.3, 0.4) is 0 Å². The maximum Gasteiger partial charge on any atom is 0.0741 e. The summed E-state index contributed by atoms with van der Waals surface area (Å²) in [6.45, 7) is 0. The van der Waals surface area contributed by atoms with Crippen molar-refractivity contribution >= 4 is 59.3 Å². The van der Waals surface area contributed by atoms with Gasteiger partial charge in [-0.1, -0.05) is 0 Å². The highest BCUT2D eigenvalue weighted by Gasteiger charge is 2.14. The molecule has 0 bridgehead atoms. The van der Waals surface area contributed by atoms with Gasteiger partial charge in [-0.15, -0.1) is 34.0 Å². The Bertz CT molecular complexity index is 593. The van der Waals surface area contributed by atoms with Crippen LogP contribution in [0.25, 0.3) is 9.40 Å². The third kappa shape index (κ3) is 1.87.